The maximum atomic E-state index is 12.7. The summed E-state index contributed by atoms with van der Waals surface area (Å²) in [6.07, 6.45) is 0.309. The van der Waals surface area contributed by atoms with Crippen molar-refractivity contribution in [1.82, 2.24) is 5.32 Å². The van der Waals surface area contributed by atoms with Crippen molar-refractivity contribution in [2.75, 3.05) is 14.2 Å². The quantitative estimate of drug-likeness (QED) is 0.688. The molecule has 0 aliphatic heterocycles. The number of nitrogens with one attached hydrogen (secondary N) is 1. The van der Waals surface area contributed by atoms with Crippen molar-refractivity contribution < 1.29 is 14.3 Å². The third-order valence-corrected chi connectivity index (χ3v) is 4.41. The van der Waals surface area contributed by atoms with E-state index in [4.69, 9.17) is 9.47 Å². The third-order valence-electron chi connectivity index (χ3n) is 4.41. The number of hydrogen-bond donors (Lipinski definition) is 1. The van der Waals surface area contributed by atoms with Crippen LogP contribution in [0.25, 0.3) is 0 Å². The van der Waals surface area contributed by atoms with Crippen molar-refractivity contribution in [3.05, 3.63) is 95.6 Å². The molecule has 4 nitrogen and oxygen atoms in total. The topological polar surface area (TPSA) is 47.6 Å². The van der Waals surface area contributed by atoms with E-state index in [1.807, 2.05) is 78.9 Å². The summed E-state index contributed by atoms with van der Waals surface area (Å²) in [5.41, 5.74) is 2.98. The van der Waals surface area contributed by atoms with Crippen LogP contribution in [-0.2, 0) is 11.2 Å². The normalized spacial score (nSPS) is 11.5. The molecule has 3 rings (SSSR count). The van der Waals surface area contributed by atoms with Crippen molar-refractivity contribution in [3.8, 4) is 11.5 Å². The molecule has 0 radical (unpaired) electrons. The Kier molecular flexibility index (Phi) is 6.10. The zero-order valence-electron chi connectivity index (χ0n) is 15.5. The average Bonchev–Trinajstić information content (AvgIpc) is 2.73. The van der Waals surface area contributed by atoms with E-state index in [2.05, 4.69) is 5.32 Å². The molecule has 3 aromatic rings. The van der Waals surface area contributed by atoms with Crippen molar-refractivity contribution in [2.24, 2.45) is 0 Å². The van der Waals surface area contributed by atoms with Crippen molar-refractivity contribution in [1.29, 1.82) is 0 Å². The Morgan fingerprint density at radius 1 is 0.778 bits per heavy atom. The van der Waals surface area contributed by atoms with Crippen LogP contribution in [0.15, 0.2) is 78.9 Å². The predicted molar refractivity (Wildman–Crippen MR) is 106 cm³/mol. The SMILES string of the molecule is COc1ccc(CC(=O)NC(c2ccccc2)c2ccc(OC)cc2)cc1. The number of carbonyl (C=O) groups is 1. The fraction of sp³-hybridized carbons (Fsp3) is 0.174. The maximum Gasteiger partial charge on any atom is 0.225 e. The summed E-state index contributed by atoms with van der Waals surface area (Å²) in [5, 5.41) is 3.15. The van der Waals surface area contributed by atoms with Crippen LogP contribution >= 0.6 is 0 Å². The van der Waals surface area contributed by atoms with Crippen molar-refractivity contribution >= 4 is 5.91 Å². The van der Waals surface area contributed by atoms with E-state index >= 15 is 0 Å². The highest BCUT2D eigenvalue weighted by molar-refractivity contribution is 5.79. The second-order valence-corrected chi connectivity index (χ2v) is 6.21. The van der Waals surface area contributed by atoms with E-state index in [1.54, 1.807) is 14.2 Å². The second-order valence-electron chi connectivity index (χ2n) is 6.21. The zero-order chi connectivity index (χ0) is 19.1. The number of carbonyl (C=O) groups excluding carboxylic acids is 1. The molecule has 0 saturated heterocycles. The zero-order valence-corrected chi connectivity index (χ0v) is 15.5. The lowest BCUT2D eigenvalue weighted by Gasteiger charge is -2.20. The first kappa shape index (κ1) is 18.5. The van der Waals surface area contributed by atoms with E-state index in [9.17, 15) is 4.79 Å². The fourth-order valence-electron chi connectivity index (χ4n) is 2.94. The van der Waals surface area contributed by atoms with Crippen LogP contribution in [0.1, 0.15) is 22.7 Å². The summed E-state index contributed by atoms with van der Waals surface area (Å²) >= 11 is 0. The first-order valence-corrected chi connectivity index (χ1v) is 8.81. The molecule has 138 valence electrons. The van der Waals surface area contributed by atoms with Gasteiger partial charge in [0.15, 0.2) is 0 Å². The summed E-state index contributed by atoms with van der Waals surface area (Å²) in [7, 11) is 3.27. The smallest absolute Gasteiger partial charge is 0.225 e. The molecule has 0 heterocycles. The van der Waals surface area contributed by atoms with E-state index in [0.717, 1.165) is 28.2 Å². The third kappa shape index (κ3) is 4.88. The van der Waals surface area contributed by atoms with Gasteiger partial charge in [-0.25, -0.2) is 0 Å². The number of amides is 1. The Hall–Kier alpha value is -3.27. The lowest BCUT2D eigenvalue weighted by atomic mass is 9.98. The van der Waals surface area contributed by atoms with Gasteiger partial charge in [0.05, 0.1) is 26.7 Å². The standard InChI is InChI=1S/C23H23NO3/c1-26-20-12-8-17(9-13-20)16-22(25)24-23(18-6-4-3-5-7-18)19-10-14-21(27-2)15-11-19/h3-15,23H,16H2,1-2H3,(H,24,25). The van der Waals surface area contributed by atoms with Gasteiger partial charge in [0.25, 0.3) is 0 Å². The average molecular weight is 361 g/mol. The van der Waals surface area contributed by atoms with Gasteiger partial charge in [-0.3, -0.25) is 4.79 Å². The fourth-order valence-corrected chi connectivity index (χ4v) is 2.94. The van der Waals surface area contributed by atoms with Crippen LogP contribution in [-0.4, -0.2) is 20.1 Å². The van der Waals surface area contributed by atoms with Gasteiger partial charge < -0.3 is 14.8 Å². The molecule has 0 aliphatic rings. The van der Waals surface area contributed by atoms with Crippen molar-refractivity contribution in [2.45, 2.75) is 12.5 Å². The highest BCUT2D eigenvalue weighted by Crippen LogP contribution is 2.24. The molecule has 4 heteroatoms. The number of rotatable bonds is 7. The minimum Gasteiger partial charge on any atom is -0.497 e. The first-order chi connectivity index (χ1) is 13.2. The summed E-state index contributed by atoms with van der Waals surface area (Å²) in [4.78, 5) is 12.7. The first-order valence-electron chi connectivity index (χ1n) is 8.81. The van der Waals surface area contributed by atoms with Crippen LogP contribution in [0.4, 0.5) is 0 Å². The van der Waals surface area contributed by atoms with Gasteiger partial charge in [-0.1, -0.05) is 54.6 Å². The van der Waals surface area contributed by atoms with Crippen LogP contribution < -0.4 is 14.8 Å². The van der Waals surface area contributed by atoms with E-state index in [1.165, 1.54) is 0 Å². The van der Waals surface area contributed by atoms with Crippen LogP contribution in [0.3, 0.4) is 0 Å². The summed E-state index contributed by atoms with van der Waals surface area (Å²) < 4.78 is 10.4. The van der Waals surface area contributed by atoms with Crippen molar-refractivity contribution in [3.63, 3.8) is 0 Å². The molecule has 1 N–H and O–H groups in total. The molecular weight excluding hydrogens is 338 g/mol. The molecular formula is C23H23NO3. The van der Waals surface area contributed by atoms with E-state index in [0.29, 0.717) is 6.42 Å². The number of methoxy groups -OCH3 is 2. The lowest BCUT2D eigenvalue weighted by Crippen LogP contribution is -2.30. The lowest BCUT2D eigenvalue weighted by molar-refractivity contribution is -0.120. The molecule has 0 aliphatic carbocycles. The maximum absolute atomic E-state index is 12.7. The molecule has 1 unspecified atom stereocenters. The summed E-state index contributed by atoms with van der Waals surface area (Å²) in [6.45, 7) is 0. The molecule has 0 bridgehead atoms. The highest BCUT2D eigenvalue weighted by Gasteiger charge is 2.17. The minimum absolute atomic E-state index is 0.0372. The van der Waals surface area contributed by atoms with Crippen LogP contribution in [0, 0.1) is 0 Å². The van der Waals surface area contributed by atoms with Crippen LogP contribution in [0.5, 0.6) is 11.5 Å². The van der Waals surface area contributed by atoms with Gasteiger partial charge in [-0.2, -0.15) is 0 Å². The number of ether oxygens (including phenoxy) is 2. The monoisotopic (exact) mass is 361 g/mol. The van der Waals surface area contributed by atoms with Gasteiger partial charge in [-0.05, 0) is 41.0 Å². The summed E-state index contributed by atoms with van der Waals surface area (Å²) in [5.74, 6) is 1.53. The Labute approximate surface area is 159 Å². The van der Waals surface area contributed by atoms with Gasteiger partial charge in [0, 0.05) is 0 Å². The van der Waals surface area contributed by atoms with Gasteiger partial charge >= 0.3 is 0 Å². The minimum atomic E-state index is -0.220. The van der Waals surface area contributed by atoms with Gasteiger partial charge in [-0.15, -0.1) is 0 Å². The van der Waals surface area contributed by atoms with Crippen LogP contribution in [0.2, 0.25) is 0 Å². The molecule has 3 aromatic carbocycles. The van der Waals surface area contributed by atoms with Gasteiger partial charge in [0.2, 0.25) is 5.91 Å². The molecule has 0 fully saturated rings. The molecule has 0 saturated carbocycles. The largest absolute Gasteiger partial charge is 0.497 e. The Morgan fingerprint density at radius 2 is 1.30 bits per heavy atom. The number of hydrogen-bond acceptors (Lipinski definition) is 3. The molecule has 1 atom stereocenters. The molecule has 0 aromatic heterocycles. The van der Waals surface area contributed by atoms with Gasteiger partial charge in [0.1, 0.15) is 11.5 Å². The Morgan fingerprint density at radius 3 is 1.85 bits per heavy atom. The summed E-state index contributed by atoms with van der Waals surface area (Å²) in [6, 6.07) is 25.0. The Balaban J connectivity index is 1.78. The molecule has 27 heavy (non-hydrogen) atoms. The second kappa shape index (κ2) is 8.90. The Bertz CT molecular complexity index is 858. The van der Waals surface area contributed by atoms with E-state index in [-0.39, 0.29) is 11.9 Å². The predicted octanol–water partition coefficient (Wildman–Crippen LogP) is 4.15. The number of benzene rings is 3. The molecule has 1 amide bonds. The van der Waals surface area contributed by atoms with E-state index < -0.39 is 0 Å². The highest BCUT2D eigenvalue weighted by atomic mass is 16.5. The molecule has 0 spiro atoms.